The van der Waals surface area contributed by atoms with Crippen molar-refractivity contribution in [3.63, 3.8) is 0 Å². The highest BCUT2D eigenvalue weighted by Crippen LogP contribution is 2.23. The molecule has 0 radical (unpaired) electrons. The molecule has 7 heteroatoms. The van der Waals surface area contributed by atoms with Crippen LogP contribution in [0.3, 0.4) is 0 Å². The summed E-state index contributed by atoms with van der Waals surface area (Å²) in [6.07, 6.45) is 3.71. The number of hydrogen-bond donors (Lipinski definition) is 0. The van der Waals surface area contributed by atoms with E-state index in [2.05, 4.69) is 22.0 Å². The molecule has 1 aliphatic heterocycles. The fraction of sp³-hybridized carbons (Fsp3) is 0.455. The summed E-state index contributed by atoms with van der Waals surface area (Å²) in [6.45, 7) is 6.91. The van der Waals surface area contributed by atoms with Gasteiger partial charge in [0.15, 0.2) is 5.82 Å². The molecule has 0 saturated carbocycles. The highest BCUT2D eigenvalue weighted by Gasteiger charge is 2.25. The van der Waals surface area contributed by atoms with E-state index in [0.29, 0.717) is 24.1 Å². The second-order valence-electron chi connectivity index (χ2n) is 7.75. The Morgan fingerprint density at radius 3 is 2.62 bits per heavy atom. The van der Waals surface area contributed by atoms with Crippen LogP contribution >= 0.6 is 0 Å². The van der Waals surface area contributed by atoms with Crippen LogP contribution in [-0.2, 0) is 11.2 Å². The fourth-order valence-corrected chi connectivity index (χ4v) is 4.05. The number of likely N-dealkylation sites (tertiary alicyclic amines) is 1. The van der Waals surface area contributed by atoms with Gasteiger partial charge in [-0.05, 0) is 64.3 Å². The number of nitrogens with zero attached hydrogens (tertiary/aromatic N) is 5. The molecule has 0 aliphatic carbocycles. The van der Waals surface area contributed by atoms with Crippen molar-refractivity contribution in [1.82, 2.24) is 24.5 Å². The van der Waals surface area contributed by atoms with Gasteiger partial charge in [0.05, 0.1) is 13.5 Å². The molecule has 4 rings (SSSR count). The van der Waals surface area contributed by atoms with Crippen LogP contribution in [0.2, 0.25) is 0 Å². The van der Waals surface area contributed by atoms with Crippen LogP contribution in [0, 0.1) is 13.8 Å². The molecular weight excluding hydrogens is 366 g/mol. The smallest absolute Gasteiger partial charge is 0.253 e. The molecule has 0 unspecified atom stereocenters. The van der Waals surface area contributed by atoms with Crippen LogP contribution < -0.4 is 4.74 Å². The minimum atomic E-state index is 0.167. The minimum absolute atomic E-state index is 0.167. The lowest BCUT2D eigenvalue weighted by Crippen LogP contribution is -2.43. The second kappa shape index (κ2) is 7.81. The van der Waals surface area contributed by atoms with Crippen LogP contribution in [-0.4, -0.2) is 50.1 Å². The lowest BCUT2D eigenvalue weighted by molar-refractivity contribution is -0.133. The van der Waals surface area contributed by atoms with Crippen molar-refractivity contribution in [2.75, 3.05) is 13.7 Å². The predicted octanol–water partition coefficient (Wildman–Crippen LogP) is 3.36. The molecule has 7 nitrogen and oxygen atoms in total. The molecule has 1 atom stereocenters. The van der Waals surface area contributed by atoms with E-state index in [1.54, 1.807) is 11.6 Å². The molecular formula is C22H27N5O2. The van der Waals surface area contributed by atoms with Gasteiger partial charge in [0.1, 0.15) is 5.75 Å². The van der Waals surface area contributed by atoms with Crippen LogP contribution in [0.5, 0.6) is 5.75 Å². The van der Waals surface area contributed by atoms with Gasteiger partial charge in [0.2, 0.25) is 5.91 Å². The molecule has 1 aliphatic rings. The van der Waals surface area contributed by atoms with Crippen molar-refractivity contribution < 1.29 is 9.53 Å². The maximum atomic E-state index is 12.9. The molecule has 0 bridgehead atoms. The van der Waals surface area contributed by atoms with E-state index < -0.39 is 0 Å². The number of carbonyl (C=O) groups is 1. The zero-order valence-electron chi connectivity index (χ0n) is 17.5. The summed E-state index contributed by atoms with van der Waals surface area (Å²) in [5, 5.41) is 4.65. The molecule has 1 fully saturated rings. The first-order valence-electron chi connectivity index (χ1n) is 10.1. The van der Waals surface area contributed by atoms with Gasteiger partial charge >= 0.3 is 0 Å². The van der Waals surface area contributed by atoms with Crippen LogP contribution in [0.15, 0.2) is 24.3 Å². The third-order valence-electron chi connectivity index (χ3n) is 5.85. The first-order valence-corrected chi connectivity index (χ1v) is 10.1. The Kier molecular flexibility index (Phi) is 5.22. The number of piperidine rings is 1. The Hall–Kier alpha value is -2.96. The molecule has 1 saturated heterocycles. The standard InChI is InChI=1S/C22H27N5O2/c1-14-7-5-6-12-26(14)20(28)13-19-15(2)23-22-24-21(25-27(22)16(19)3)17-8-10-18(29-4)11-9-17/h8-11,14H,5-7,12-13H2,1-4H3/t14-/m0/s1. The highest BCUT2D eigenvalue weighted by molar-refractivity contribution is 5.79. The first-order chi connectivity index (χ1) is 14.0. The van der Waals surface area contributed by atoms with Crippen molar-refractivity contribution in [2.24, 2.45) is 0 Å². The fourth-order valence-electron chi connectivity index (χ4n) is 4.05. The summed E-state index contributed by atoms with van der Waals surface area (Å²) in [7, 11) is 1.64. The predicted molar refractivity (Wildman–Crippen MR) is 111 cm³/mol. The van der Waals surface area contributed by atoms with Gasteiger partial charge in [-0.15, -0.1) is 5.10 Å². The summed E-state index contributed by atoms with van der Waals surface area (Å²) in [4.78, 5) is 24.2. The number of ether oxygens (including phenoxy) is 1. The number of methoxy groups -OCH3 is 1. The van der Waals surface area contributed by atoms with Crippen LogP contribution in [0.4, 0.5) is 0 Å². The highest BCUT2D eigenvalue weighted by atomic mass is 16.5. The van der Waals surface area contributed by atoms with Gasteiger partial charge in [-0.1, -0.05) is 0 Å². The Bertz CT molecular complexity index is 1040. The topological polar surface area (TPSA) is 72.6 Å². The Labute approximate surface area is 170 Å². The van der Waals surface area contributed by atoms with E-state index in [9.17, 15) is 4.79 Å². The minimum Gasteiger partial charge on any atom is -0.497 e. The monoisotopic (exact) mass is 393 g/mol. The number of aromatic nitrogens is 4. The van der Waals surface area contributed by atoms with Crippen molar-refractivity contribution in [3.8, 4) is 17.1 Å². The molecule has 0 spiro atoms. The maximum absolute atomic E-state index is 12.9. The number of hydrogen-bond acceptors (Lipinski definition) is 5. The quantitative estimate of drug-likeness (QED) is 0.680. The summed E-state index contributed by atoms with van der Waals surface area (Å²) < 4.78 is 6.96. The lowest BCUT2D eigenvalue weighted by atomic mass is 10.0. The number of benzene rings is 1. The Balaban J connectivity index is 1.66. The Morgan fingerprint density at radius 2 is 1.93 bits per heavy atom. The average molecular weight is 393 g/mol. The largest absolute Gasteiger partial charge is 0.497 e. The van der Waals surface area contributed by atoms with Crippen molar-refractivity contribution >= 4 is 11.7 Å². The zero-order valence-corrected chi connectivity index (χ0v) is 17.5. The molecule has 152 valence electrons. The molecule has 1 aromatic carbocycles. The van der Waals surface area contributed by atoms with Gasteiger partial charge in [0.25, 0.3) is 5.78 Å². The van der Waals surface area contributed by atoms with Crippen LogP contribution in [0.25, 0.3) is 17.2 Å². The van der Waals surface area contributed by atoms with Crippen molar-refractivity contribution in [1.29, 1.82) is 0 Å². The molecule has 3 aromatic rings. The zero-order chi connectivity index (χ0) is 20.5. The van der Waals surface area contributed by atoms with E-state index >= 15 is 0 Å². The molecule has 2 aromatic heterocycles. The molecule has 0 N–H and O–H groups in total. The summed E-state index contributed by atoms with van der Waals surface area (Å²) in [6, 6.07) is 7.93. The number of aryl methyl sites for hydroxylation is 2. The van der Waals surface area contributed by atoms with Gasteiger partial charge in [-0.25, -0.2) is 9.50 Å². The lowest BCUT2D eigenvalue weighted by Gasteiger charge is -2.33. The van der Waals surface area contributed by atoms with Crippen molar-refractivity contribution in [2.45, 2.75) is 52.5 Å². The normalized spacial score (nSPS) is 17.0. The number of rotatable bonds is 4. The summed E-state index contributed by atoms with van der Waals surface area (Å²) >= 11 is 0. The van der Waals surface area contributed by atoms with E-state index in [-0.39, 0.29) is 5.91 Å². The van der Waals surface area contributed by atoms with Gasteiger partial charge in [0, 0.05) is 35.1 Å². The molecule has 29 heavy (non-hydrogen) atoms. The maximum Gasteiger partial charge on any atom is 0.253 e. The first kappa shape index (κ1) is 19.4. The van der Waals surface area contributed by atoms with Crippen LogP contribution in [0.1, 0.15) is 43.1 Å². The SMILES string of the molecule is COc1ccc(-c2nc3nc(C)c(CC(=O)N4CCCC[C@@H]4C)c(C)n3n2)cc1. The van der Waals surface area contributed by atoms with E-state index in [1.807, 2.05) is 43.0 Å². The molecule has 3 heterocycles. The van der Waals surface area contributed by atoms with Crippen molar-refractivity contribution in [3.05, 3.63) is 41.2 Å². The van der Waals surface area contributed by atoms with E-state index in [1.165, 1.54) is 6.42 Å². The summed E-state index contributed by atoms with van der Waals surface area (Å²) in [5.41, 5.74) is 3.58. The Morgan fingerprint density at radius 1 is 1.17 bits per heavy atom. The third kappa shape index (κ3) is 3.69. The van der Waals surface area contributed by atoms with E-state index in [0.717, 1.165) is 47.7 Å². The van der Waals surface area contributed by atoms with Gasteiger partial charge in [-0.3, -0.25) is 4.79 Å². The average Bonchev–Trinajstić information content (AvgIpc) is 3.15. The summed E-state index contributed by atoms with van der Waals surface area (Å²) in [5.74, 6) is 2.11. The number of fused-ring (bicyclic) bond motifs is 1. The van der Waals surface area contributed by atoms with Gasteiger partial charge < -0.3 is 9.64 Å². The molecule has 1 amide bonds. The third-order valence-corrected chi connectivity index (χ3v) is 5.85. The van der Waals surface area contributed by atoms with Gasteiger partial charge in [-0.2, -0.15) is 4.98 Å². The number of amides is 1. The number of carbonyl (C=O) groups excluding carboxylic acids is 1. The van der Waals surface area contributed by atoms with E-state index in [4.69, 9.17) is 4.74 Å². The second-order valence-corrected chi connectivity index (χ2v) is 7.75.